The van der Waals surface area contributed by atoms with Crippen molar-refractivity contribution in [3.8, 4) is 0 Å². The van der Waals surface area contributed by atoms with Crippen molar-refractivity contribution in [3.63, 3.8) is 0 Å². The monoisotopic (exact) mass is 532 g/mol. The zero-order valence-corrected chi connectivity index (χ0v) is 20.0. The maximum absolute atomic E-state index is 13.4. The highest BCUT2D eigenvalue weighted by atomic mass is 35.5. The molecule has 184 valence electrons. The first-order chi connectivity index (χ1) is 17.1. The Bertz CT molecular complexity index is 1580. The molecule has 1 aliphatic carbocycles. The molecule has 6 nitrogen and oxygen atoms in total. The van der Waals surface area contributed by atoms with Crippen LogP contribution in [0.3, 0.4) is 0 Å². The Balaban J connectivity index is 1.76. The maximum atomic E-state index is 13.4. The van der Waals surface area contributed by atoms with E-state index in [-0.39, 0.29) is 29.7 Å². The average molecular weight is 533 g/mol. The third-order valence-electron chi connectivity index (χ3n) is 5.24. The Morgan fingerprint density at radius 2 is 1.83 bits per heavy atom. The molecule has 1 N–H and O–H groups in total. The number of hydrogen-bond acceptors (Lipinski definition) is 4. The lowest BCUT2D eigenvalue weighted by atomic mass is 10.1. The molecule has 0 spiro atoms. The van der Waals surface area contributed by atoms with Crippen LogP contribution in [-0.2, 0) is 19.3 Å². The molecule has 11 heteroatoms. The summed E-state index contributed by atoms with van der Waals surface area (Å²) in [4.78, 5) is 30.1. The predicted molar refractivity (Wildman–Crippen MR) is 132 cm³/mol. The molecule has 0 atom stereocenters. The summed E-state index contributed by atoms with van der Waals surface area (Å²) in [5, 5.41) is 3.25. The van der Waals surface area contributed by atoms with Crippen molar-refractivity contribution in [3.05, 3.63) is 120 Å². The topological polar surface area (TPSA) is 68.9 Å². The van der Waals surface area contributed by atoms with Gasteiger partial charge in [-0.3, -0.25) is 4.57 Å². The first kappa shape index (κ1) is 25.4. The lowest BCUT2D eigenvalue weighted by Crippen LogP contribution is -2.42. The van der Waals surface area contributed by atoms with E-state index in [9.17, 15) is 22.8 Å². The lowest BCUT2D eigenvalue weighted by Gasteiger charge is -2.17. The van der Waals surface area contributed by atoms with E-state index in [1.165, 1.54) is 12.1 Å². The van der Waals surface area contributed by atoms with Crippen LogP contribution in [0.4, 0.5) is 24.8 Å². The van der Waals surface area contributed by atoms with Crippen LogP contribution in [-0.4, -0.2) is 14.1 Å². The molecule has 1 aliphatic rings. The number of anilines is 2. The molecule has 0 saturated carbocycles. The second kappa shape index (κ2) is 10.5. The molecule has 0 amide bonds. The molecule has 3 aromatic rings. The standard InChI is InChI=1S/C25H17Cl2F3N4O2/c26-20-10-9-17(13-21(20)27)15-34-22(31-19-8-4-7-18(14-19)25(28,29)30)32-23(35)33(24(34)36)12-11-16-5-2-1-3-6-16/h1-2,4-5,7-10,13-14H,11-12,15H2,(H,31,32,35). The summed E-state index contributed by atoms with van der Waals surface area (Å²) in [6.45, 7) is -0.0558. The number of rotatable bonds is 7. The number of aromatic nitrogens is 3. The zero-order chi connectivity index (χ0) is 25.9. The van der Waals surface area contributed by atoms with Crippen molar-refractivity contribution in [1.82, 2.24) is 14.1 Å². The van der Waals surface area contributed by atoms with Gasteiger partial charge >= 0.3 is 17.6 Å². The van der Waals surface area contributed by atoms with E-state index >= 15 is 0 Å². The van der Waals surface area contributed by atoms with E-state index in [0.29, 0.717) is 17.0 Å². The molecule has 1 heterocycles. The first-order valence-electron chi connectivity index (χ1n) is 10.6. The van der Waals surface area contributed by atoms with E-state index in [1.54, 1.807) is 36.4 Å². The molecule has 2 aromatic carbocycles. The summed E-state index contributed by atoms with van der Waals surface area (Å²) in [6.07, 6.45) is 0.974. The van der Waals surface area contributed by atoms with Crippen LogP contribution in [0.2, 0.25) is 10.0 Å². The van der Waals surface area contributed by atoms with Gasteiger partial charge in [0.15, 0.2) is 0 Å². The molecule has 0 aliphatic heterocycles. The van der Waals surface area contributed by atoms with Gasteiger partial charge in [-0.1, -0.05) is 52.9 Å². The zero-order valence-electron chi connectivity index (χ0n) is 18.4. The van der Waals surface area contributed by atoms with Gasteiger partial charge in [0.25, 0.3) is 0 Å². The molecule has 0 bridgehead atoms. The minimum Gasteiger partial charge on any atom is -0.325 e. The van der Waals surface area contributed by atoms with Crippen LogP contribution in [0.15, 0.2) is 87.3 Å². The van der Waals surface area contributed by atoms with Crippen LogP contribution >= 0.6 is 23.2 Å². The number of allylic oxidation sites excluding steroid dienone is 4. The van der Waals surface area contributed by atoms with Gasteiger partial charge in [0.05, 0.1) is 22.2 Å². The van der Waals surface area contributed by atoms with Gasteiger partial charge in [0.1, 0.15) is 0 Å². The van der Waals surface area contributed by atoms with Crippen molar-refractivity contribution in [1.29, 1.82) is 0 Å². The van der Waals surface area contributed by atoms with E-state index in [2.05, 4.69) is 21.8 Å². The number of hydrogen-bond donors (Lipinski definition) is 1. The van der Waals surface area contributed by atoms with Gasteiger partial charge in [-0.05, 0) is 54.5 Å². The third kappa shape index (κ3) is 5.90. The number of benzene rings is 2. The number of alkyl halides is 3. The normalized spacial score (nSPS) is 12.6. The Labute approximate surface area is 212 Å². The molecule has 36 heavy (non-hydrogen) atoms. The molecular formula is C25H17Cl2F3N4O2. The van der Waals surface area contributed by atoms with Crippen LogP contribution in [0.25, 0.3) is 0 Å². The SMILES string of the molecule is O=c1nc(Nc2cccc(C(F)(F)F)c2)n(Cc2ccc(Cl)c(Cl)c2)c(=O)n1CCC1=C=C=CC=C1. The highest BCUT2D eigenvalue weighted by molar-refractivity contribution is 6.42. The molecular weight excluding hydrogens is 516 g/mol. The van der Waals surface area contributed by atoms with Crippen LogP contribution < -0.4 is 16.7 Å². The van der Waals surface area contributed by atoms with E-state index in [4.69, 9.17) is 23.2 Å². The number of halogens is 5. The Morgan fingerprint density at radius 1 is 1.03 bits per heavy atom. The van der Waals surface area contributed by atoms with Crippen molar-refractivity contribution in [2.45, 2.75) is 25.7 Å². The smallest absolute Gasteiger partial charge is 0.325 e. The largest absolute Gasteiger partial charge is 0.416 e. The average Bonchev–Trinajstić information content (AvgIpc) is 2.84. The minimum absolute atomic E-state index is 0.00573. The van der Waals surface area contributed by atoms with E-state index in [0.717, 1.165) is 26.8 Å². The summed E-state index contributed by atoms with van der Waals surface area (Å²) in [7, 11) is 0. The summed E-state index contributed by atoms with van der Waals surface area (Å²) < 4.78 is 41.6. The number of nitrogens with one attached hydrogen (secondary N) is 1. The predicted octanol–water partition coefficient (Wildman–Crippen LogP) is 5.72. The summed E-state index contributed by atoms with van der Waals surface area (Å²) in [6, 6.07) is 9.10. The van der Waals surface area contributed by atoms with Gasteiger partial charge in [0.2, 0.25) is 5.95 Å². The second-order valence-electron chi connectivity index (χ2n) is 7.76. The van der Waals surface area contributed by atoms with Crippen molar-refractivity contribution < 1.29 is 13.2 Å². The van der Waals surface area contributed by atoms with Crippen LogP contribution in [0.5, 0.6) is 0 Å². The quantitative estimate of drug-likeness (QED) is 0.395. The van der Waals surface area contributed by atoms with Crippen LogP contribution in [0, 0.1) is 0 Å². The minimum atomic E-state index is -4.57. The Morgan fingerprint density at radius 3 is 2.53 bits per heavy atom. The van der Waals surface area contributed by atoms with E-state index in [1.807, 2.05) is 0 Å². The summed E-state index contributed by atoms with van der Waals surface area (Å²) in [5.74, 6) is -0.216. The fourth-order valence-corrected chi connectivity index (χ4v) is 3.77. The highest BCUT2D eigenvalue weighted by Crippen LogP contribution is 2.31. The molecule has 4 rings (SSSR count). The molecule has 0 saturated heterocycles. The van der Waals surface area contributed by atoms with E-state index < -0.39 is 23.1 Å². The second-order valence-corrected chi connectivity index (χ2v) is 8.58. The van der Waals surface area contributed by atoms with Crippen molar-refractivity contribution in [2.24, 2.45) is 0 Å². The van der Waals surface area contributed by atoms with Crippen molar-refractivity contribution >= 4 is 34.8 Å². The van der Waals surface area contributed by atoms with Gasteiger partial charge in [-0.25, -0.2) is 14.2 Å². The molecule has 0 fully saturated rings. The summed E-state index contributed by atoms with van der Waals surface area (Å²) in [5.41, 5.74) is 4.59. The Kier molecular flexibility index (Phi) is 7.38. The lowest BCUT2D eigenvalue weighted by molar-refractivity contribution is -0.137. The highest BCUT2D eigenvalue weighted by Gasteiger charge is 2.30. The maximum Gasteiger partial charge on any atom is 0.416 e. The molecule has 0 radical (unpaired) electrons. The molecule has 0 unspecified atom stereocenters. The Hall–Kier alpha value is -3.74. The van der Waals surface area contributed by atoms with Gasteiger partial charge < -0.3 is 5.32 Å². The molecule has 1 aromatic heterocycles. The van der Waals surface area contributed by atoms with Gasteiger partial charge in [-0.15, -0.1) is 0 Å². The van der Waals surface area contributed by atoms with Gasteiger partial charge in [0, 0.05) is 17.8 Å². The fourth-order valence-electron chi connectivity index (χ4n) is 3.45. The van der Waals surface area contributed by atoms with Crippen LogP contribution in [0.1, 0.15) is 17.5 Å². The summed E-state index contributed by atoms with van der Waals surface area (Å²) >= 11 is 12.1. The van der Waals surface area contributed by atoms with Crippen molar-refractivity contribution in [2.75, 3.05) is 5.32 Å². The van der Waals surface area contributed by atoms with Gasteiger partial charge in [-0.2, -0.15) is 18.2 Å². The number of nitrogens with zero attached hydrogens (tertiary/aromatic N) is 3. The fraction of sp³-hybridized carbons (Fsp3) is 0.160. The third-order valence-corrected chi connectivity index (χ3v) is 5.97. The first-order valence-corrected chi connectivity index (χ1v) is 11.3.